The van der Waals surface area contributed by atoms with Crippen molar-refractivity contribution in [3.8, 4) is 33.8 Å². The van der Waals surface area contributed by atoms with Crippen molar-refractivity contribution in [3.05, 3.63) is 107 Å². The number of halogens is 4. The van der Waals surface area contributed by atoms with Crippen molar-refractivity contribution >= 4 is 0 Å². The van der Waals surface area contributed by atoms with Gasteiger partial charge < -0.3 is 9.47 Å². The van der Waals surface area contributed by atoms with Crippen molar-refractivity contribution in [1.29, 1.82) is 0 Å². The van der Waals surface area contributed by atoms with Gasteiger partial charge >= 0.3 is 0 Å². The van der Waals surface area contributed by atoms with E-state index in [2.05, 4.69) is 0 Å². The highest BCUT2D eigenvalue weighted by Crippen LogP contribution is 2.32. The molecule has 0 heterocycles. The van der Waals surface area contributed by atoms with Gasteiger partial charge in [-0.05, 0) is 40.8 Å². The first-order valence-corrected chi connectivity index (χ1v) is 10.7. The van der Waals surface area contributed by atoms with Crippen LogP contribution in [0, 0.1) is 23.3 Å². The molecule has 174 valence electrons. The molecule has 2 nitrogen and oxygen atoms in total. The third kappa shape index (κ3) is 4.62. The summed E-state index contributed by atoms with van der Waals surface area (Å²) in [5, 5.41) is 0. The molecule has 4 aromatic carbocycles. The summed E-state index contributed by atoms with van der Waals surface area (Å²) in [5.74, 6) is -4.58. The highest BCUT2D eigenvalue weighted by Gasteiger charge is 2.17. The van der Waals surface area contributed by atoms with E-state index in [4.69, 9.17) is 9.47 Å². The molecule has 4 aromatic rings. The maximum atomic E-state index is 14.9. The molecule has 0 aliphatic carbocycles. The zero-order valence-electron chi connectivity index (χ0n) is 18.7. The van der Waals surface area contributed by atoms with Gasteiger partial charge in [-0.15, -0.1) is 0 Å². The Morgan fingerprint density at radius 2 is 1.03 bits per heavy atom. The Morgan fingerprint density at radius 1 is 0.559 bits per heavy atom. The highest BCUT2D eigenvalue weighted by atomic mass is 19.2. The van der Waals surface area contributed by atoms with Gasteiger partial charge in [-0.2, -0.15) is 8.78 Å². The van der Waals surface area contributed by atoms with Gasteiger partial charge in [-0.25, -0.2) is 8.78 Å². The Bertz CT molecular complexity index is 1300. The van der Waals surface area contributed by atoms with Gasteiger partial charge in [0.05, 0.1) is 7.11 Å². The van der Waals surface area contributed by atoms with Crippen LogP contribution in [0.15, 0.2) is 72.8 Å². The smallest absolute Gasteiger partial charge is 0.204 e. The van der Waals surface area contributed by atoms with Gasteiger partial charge in [0.15, 0.2) is 23.1 Å². The Balaban J connectivity index is 1.51. The molecule has 0 atom stereocenters. The molecule has 34 heavy (non-hydrogen) atoms. The summed E-state index contributed by atoms with van der Waals surface area (Å²) >= 11 is 0. The molecule has 0 fully saturated rings. The topological polar surface area (TPSA) is 18.5 Å². The standard InChI is InChI=1S/C28H22F4O2/c1-3-17-4-8-19(9-5-17)21-12-13-22(26(30)25(21)29)20-10-6-18(7-11-20)16-34-24-15-14-23(33-2)27(31)28(24)32/h4-15H,3,16H2,1-2H3. The average Bonchev–Trinajstić information content (AvgIpc) is 2.87. The van der Waals surface area contributed by atoms with E-state index >= 15 is 0 Å². The minimum absolute atomic E-state index is 0.0352. The lowest BCUT2D eigenvalue weighted by atomic mass is 9.97. The van der Waals surface area contributed by atoms with Crippen LogP contribution in [0.3, 0.4) is 0 Å². The molecular formula is C28H22F4O2. The van der Waals surface area contributed by atoms with Gasteiger partial charge in [0.2, 0.25) is 11.6 Å². The molecule has 0 bridgehead atoms. The van der Waals surface area contributed by atoms with Crippen LogP contribution in [0.4, 0.5) is 17.6 Å². The summed E-state index contributed by atoms with van der Waals surface area (Å²) in [6.45, 7) is 1.99. The molecular weight excluding hydrogens is 444 g/mol. The second-order valence-corrected chi connectivity index (χ2v) is 7.72. The number of hydrogen-bond donors (Lipinski definition) is 0. The van der Waals surface area contributed by atoms with Crippen LogP contribution in [0.25, 0.3) is 22.3 Å². The molecule has 0 saturated heterocycles. The van der Waals surface area contributed by atoms with E-state index in [9.17, 15) is 17.6 Å². The first kappa shape index (κ1) is 23.4. The van der Waals surface area contributed by atoms with Crippen LogP contribution in [-0.4, -0.2) is 7.11 Å². The summed E-state index contributed by atoms with van der Waals surface area (Å²) in [4.78, 5) is 0. The van der Waals surface area contributed by atoms with Crippen LogP contribution in [0.1, 0.15) is 18.1 Å². The van der Waals surface area contributed by atoms with E-state index in [-0.39, 0.29) is 29.2 Å². The molecule has 0 amide bonds. The Kier molecular flexibility index (Phi) is 6.87. The van der Waals surface area contributed by atoms with Crippen LogP contribution < -0.4 is 9.47 Å². The lowest BCUT2D eigenvalue weighted by Gasteiger charge is -2.11. The van der Waals surface area contributed by atoms with Crippen molar-refractivity contribution in [2.24, 2.45) is 0 Å². The predicted octanol–water partition coefficient (Wildman–Crippen LogP) is 7.73. The Hall–Kier alpha value is -3.80. The van der Waals surface area contributed by atoms with Crippen molar-refractivity contribution in [3.63, 3.8) is 0 Å². The summed E-state index contributed by atoms with van der Waals surface area (Å²) < 4.78 is 67.7. The fourth-order valence-electron chi connectivity index (χ4n) is 3.64. The number of benzene rings is 4. The van der Waals surface area contributed by atoms with Crippen molar-refractivity contribution < 1.29 is 27.0 Å². The minimum Gasteiger partial charge on any atom is -0.494 e. The molecule has 0 unspecified atom stereocenters. The third-order valence-electron chi connectivity index (χ3n) is 5.65. The molecule has 0 aromatic heterocycles. The molecule has 4 rings (SSSR count). The van der Waals surface area contributed by atoms with E-state index in [0.717, 1.165) is 12.0 Å². The van der Waals surface area contributed by atoms with Gasteiger partial charge in [0.1, 0.15) is 6.61 Å². The first-order chi connectivity index (χ1) is 16.4. The van der Waals surface area contributed by atoms with Crippen molar-refractivity contribution in [2.75, 3.05) is 7.11 Å². The van der Waals surface area contributed by atoms with Gasteiger partial charge in [0, 0.05) is 11.1 Å². The normalized spacial score (nSPS) is 10.9. The number of ether oxygens (including phenoxy) is 2. The number of aryl methyl sites for hydroxylation is 1. The average molecular weight is 466 g/mol. The Labute approximate surface area is 195 Å². The molecule has 0 aliphatic rings. The summed E-state index contributed by atoms with van der Waals surface area (Å²) in [5.41, 5.74) is 3.17. The second kappa shape index (κ2) is 10.00. The molecule has 0 saturated carbocycles. The first-order valence-electron chi connectivity index (χ1n) is 10.7. The van der Waals surface area contributed by atoms with Gasteiger partial charge in [-0.3, -0.25) is 0 Å². The van der Waals surface area contributed by atoms with Crippen LogP contribution >= 0.6 is 0 Å². The second-order valence-electron chi connectivity index (χ2n) is 7.72. The fourth-order valence-corrected chi connectivity index (χ4v) is 3.64. The highest BCUT2D eigenvalue weighted by molar-refractivity contribution is 5.72. The van der Waals surface area contributed by atoms with Crippen LogP contribution in [0.5, 0.6) is 11.5 Å². The predicted molar refractivity (Wildman–Crippen MR) is 124 cm³/mol. The maximum absolute atomic E-state index is 14.9. The molecule has 0 N–H and O–H groups in total. The van der Waals surface area contributed by atoms with Gasteiger partial charge in [-0.1, -0.05) is 67.6 Å². The molecule has 0 radical (unpaired) electrons. The monoisotopic (exact) mass is 466 g/mol. The number of rotatable bonds is 7. The third-order valence-corrected chi connectivity index (χ3v) is 5.65. The SMILES string of the molecule is CCc1ccc(-c2ccc(-c3ccc(COc4ccc(OC)c(F)c4F)cc3)c(F)c2F)cc1. The van der Waals surface area contributed by atoms with E-state index in [0.29, 0.717) is 16.7 Å². The number of methoxy groups -OCH3 is 1. The van der Waals surface area contributed by atoms with Crippen molar-refractivity contribution in [2.45, 2.75) is 20.0 Å². The van der Waals surface area contributed by atoms with E-state index < -0.39 is 23.3 Å². The van der Waals surface area contributed by atoms with E-state index in [1.54, 1.807) is 48.5 Å². The van der Waals surface area contributed by atoms with Gasteiger partial charge in [0.25, 0.3) is 0 Å². The molecule has 0 aliphatic heterocycles. The lowest BCUT2D eigenvalue weighted by molar-refractivity contribution is 0.280. The minimum atomic E-state index is -1.14. The van der Waals surface area contributed by atoms with Crippen LogP contribution in [0.2, 0.25) is 0 Å². The molecule has 0 spiro atoms. The zero-order chi connectivity index (χ0) is 24.2. The lowest BCUT2D eigenvalue weighted by Crippen LogP contribution is -2.00. The van der Waals surface area contributed by atoms with Crippen molar-refractivity contribution in [1.82, 2.24) is 0 Å². The van der Waals surface area contributed by atoms with E-state index in [1.807, 2.05) is 19.1 Å². The van der Waals surface area contributed by atoms with E-state index in [1.165, 1.54) is 19.2 Å². The number of hydrogen-bond acceptors (Lipinski definition) is 2. The summed E-state index contributed by atoms with van der Waals surface area (Å²) in [6.07, 6.45) is 0.864. The maximum Gasteiger partial charge on any atom is 0.204 e. The summed E-state index contributed by atoms with van der Waals surface area (Å²) in [7, 11) is 1.24. The summed E-state index contributed by atoms with van der Waals surface area (Å²) in [6, 6.07) is 19.6. The Morgan fingerprint density at radius 3 is 1.53 bits per heavy atom. The fraction of sp³-hybridized carbons (Fsp3) is 0.143. The quantitative estimate of drug-likeness (QED) is 0.260. The van der Waals surface area contributed by atoms with Crippen LogP contribution in [-0.2, 0) is 13.0 Å². The largest absolute Gasteiger partial charge is 0.494 e. The zero-order valence-corrected chi connectivity index (χ0v) is 18.7. The molecule has 6 heteroatoms.